The maximum absolute atomic E-state index is 13.3. The predicted octanol–water partition coefficient (Wildman–Crippen LogP) is 3.44. The number of carbonyl (C=O) groups is 1. The minimum absolute atomic E-state index is 0.0930. The van der Waals surface area contributed by atoms with E-state index in [0.29, 0.717) is 15.6 Å². The summed E-state index contributed by atoms with van der Waals surface area (Å²) in [4.78, 5) is 12.8. The van der Waals surface area contributed by atoms with Gasteiger partial charge in [0.2, 0.25) is 0 Å². The van der Waals surface area contributed by atoms with Crippen molar-refractivity contribution >= 4 is 39.0 Å². The van der Waals surface area contributed by atoms with Gasteiger partial charge in [-0.3, -0.25) is 4.79 Å². The van der Waals surface area contributed by atoms with Crippen molar-refractivity contribution in [2.45, 2.75) is 23.0 Å². The van der Waals surface area contributed by atoms with Crippen LogP contribution in [0.25, 0.3) is 0 Å². The highest BCUT2D eigenvalue weighted by molar-refractivity contribution is 7.92. The van der Waals surface area contributed by atoms with E-state index < -0.39 is 32.4 Å². The SMILES string of the molecule is CCOC(=O)[C@]1(CN)[C@@H](c2ccc(Cl)cc2)[C@@H]1S(=O)(=O)c1ccc(Cl)cc1. The molecule has 1 aliphatic rings. The maximum Gasteiger partial charge on any atom is 0.315 e. The van der Waals surface area contributed by atoms with E-state index in [2.05, 4.69) is 0 Å². The highest BCUT2D eigenvalue weighted by Gasteiger charge is 2.75. The van der Waals surface area contributed by atoms with Crippen LogP contribution in [0.5, 0.6) is 0 Å². The van der Waals surface area contributed by atoms with Gasteiger partial charge >= 0.3 is 5.97 Å². The van der Waals surface area contributed by atoms with E-state index in [1.54, 1.807) is 31.2 Å². The van der Waals surface area contributed by atoms with Crippen LogP contribution < -0.4 is 5.73 Å². The molecule has 0 amide bonds. The molecule has 0 unspecified atom stereocenters. The van der Waals surface area contributed by atoms with Gasteiger partial charge in [-0.05, 0) is 48.9 Å². The molecule has 27 heavy (non-hydrogen) atoms. The first kappa shape index (κ1) is 20.1. The second kappa shape index (κ2) is 7.43. The number of esters is 1. The van der Waals surface area contributed by atoms with Gasteiger partial charge in [0.1, 0.15) is 5.41 Å². The Morgan fingerprint density at radius 3 is 2.07 bits per heavy atom. The molecular weight excluding hydrogens is 409 g/mol. The van der Waals surface area contributed by atoms with Gasteiger partial charge < -0.3 is 10.5 Å². The van der Waals surface area contributed by atoms with Crippen LogP contribution in [0, 0.1) is 5.41 Å². The average Bonchev–Trinajstić information content (AvgIpc) is 3.34. The van der Waals surface area contributed by atoms with E-state index in [4.69, 9.17) is 33.7 Å². The number of halogens is 2. The molecule has 0 spiro atoms. The summed E-state index contributed by atoms with van der Waals surface area (Å²) in [5.41, 5.74) is 5.28. The molecular formula is C19H19Cl2NO4S. The number of hydrogen-bond acceptors (Lipinski definition) is 5. The van der Waals surface area contributed by atoms with Crippen LogP contribution in [0.2, 0.25) is 10.0 Å². The van der Waals surface area contributed by atoms with Crippen LogP contribution in [-0.2, 0) is 19.4 Å². The molecule has 1 fully saturated rings. The summed E-state index contributed by atoms with van der Waals surface area (Å²) in [6.45, 7) is 1.67. The Hall–Kier alpha value is -1.60. The van der Waals surface area contributed by atoms with Gasteiger partial charge in [0, 0.05) is 22.5 Å². The van der Waals surface area contributed by atoms with E-state index in [9.17, 15) is 13.2 Å². The lowest BCUT2D eigenvalue weighted by Gasteiger charge is -2.14. The molecule has 2 aromatic rings. The normalized spacial score (nSPS) is 24.4. The molecule has 144 valence electrons. The fourth-order valence-corrected chi connectivity index (χ4v) is 6.24. The van der Waals surface area contributed by atoms with Gasteiger partial charge in [-0.1, -0.05) is 35.3 Å². The van der Waals surface area contributed by atoms with E-state index in [0.717, 1.165) is 0 Å². The molecule has 0 bridgehead atoms. The van der Waals surface area contributed by atoms with Crippen molar-refractivity contribution in [1.82, 2.24) is 0 Å². The molecule has 2 N–H and O–H groups in total. The fourth-order valence-electron chi connectivity index (χ4n) is 3.61. The Morgan fingerprint density at radius 2 is 1.59 bits per heavy atom. The number of benzene rings is 2. The number of nitrogens with two attached hydrogens (primary N) is 1. The predicted molar refractivity (Wildman–Crippen MR) is 105 cm³/mol. The summed E-state index contributed by atoms with van der Waals surface area (Å²) < 4.78 is 31.8. The zero-order valence-electron chi connectivity index (χ0n) is 14.6. The van der Waals surface area contributed by atoms with Gasteiger partial charge in [-0.2, -0.15) is 0 Å². The summed E-state index contributed by atoms with van der Waals surface area (Å²) in [6.07, 6.45) is 0. The summed E-state index contributed by atoms with van der Waals surface area (Å²) in [5.74, 6) is -1.21. The quantitative estimate of drug-likeness (QED) is 0.713. The van der Waals surface area contributed by atoms with Crippen LogP contribution in [0.4, 0.5) is 0 Å². The standard InChI is InChI=1S/C19H19Cl2NO4S/c1-2-26-18(23)19(11-22)16(12-3-5-13(20)6-4-12)17(19)27(24,25)15-9-7-14(21)8-10-15/h3-10,16-17H,2,11,22H2,1H3/t16-,17-,19+/m0/s1. The number of hydrogen-bond donors (Lipinski definition) is 1. The highest BCUT2D eigenvalue weighted by Crippen LogP contribution is 2.64. The Labute approximate surface area is 168 Å². The van der Waals surface area contributed by atoms with Crippen LogP contribution >= 0.6 is 23.2 Å². The van der Waals surface area contributed by atoms with Crippen molar-refractivity contribution < 1.29 is 17.9 Å². The van der Waals surface area contributed by atoms with Gasteiger partial charge in [0.05, 0.1) is 16.8 Å². The van der Waals surface area contributed by atoms with Crippen molar-refractivity contribution in [3.63, 3.8) is 0 Å². The van der Waals surface area contributed by atoms with Crippen molar-refractivity contribution in [3.05, 3.63) is 64.1 Å². The van der Waals surface area contributed by atoms with Crippen molar-refractivity contribution in [2.24, 2.45) is 11.1 Å². The Kier molecular flexibility index (Phi) is 5.54. The highest BCUT2D eigenvalue weighted by atomic mass is 35.5. The van der Waals surface area contributed by atoms with Crippen LogP contribution in [0.15, 0.2) is 53.4 Å². The zero-order valence-corrected chi connectivity index (χ0v) is 16.9. The van der Waals surface area contributed by atoms with Gasteiger partial charge in [-0.25, -0.2) is 8.42 Å². The summed E-state index contributed by atoms with van der Waals surface area (Å²) in [6, 6.07) is 12.6. The number of ether oxygens (including phenoxy) is 1. The number of sulfone groups is 1. The Balaban J connectivity index is 2.10. The second-order valence-electron chi connectivity index (χ2n) is 6.41. The van der Waals surface area contributed by atoms with E-state index in [-0.39, 0.29) is 18.0 Å². The van der Waals surface area contributed by atoms with Crippen LogP contribution in [-0.4, -0.2) is 32.8 Å². The van der Waals surface area contributed by atoms with E-state index in [1.165, 1.54) is 24.3 Å². The molecule has 0 heterocycles. The lowest BCUT2D eigenvalue weighted by Crippen LogP contribution is -2.33. The zero-order chi connectivity index (χ0) is 19.8. The largest absolute Gasteiger partial charge is 0.465 e. The Bertz CT molecular complexity index is 945. The third kappa shape index (κ3) is 3.36. The molecule has 0 aromatic heterocycles. The summed E-state index contributed by atoms with van der Waals surface area (Å²) in [5, 5.41) is -0.0723. The first-order valence-electron chi connectivity index (χ1n) is 8.41. The third-order valence-corrected chi connectivity index (χ3v) is 7.75. The Morgan fingerprint density at radius 1 is 1.07 bits per heavy atom. The van der Waals surface area contributed by atoms with E-state index >= 15 is 0 Å². The first-order valence-corrected chi connectivity index (χ1v) is 10.7. The average molecular weight is 428 g/mol. The number of carbonyl (C=O) groups excluding carboxylic acids is 1. The molecule has 0 saturated heterocycles. The molecule has 3 atom stereocenters. The molecule has 0 radical (unpaired) electrons. The lowest BCUT2D eigenvalue weighted by atomic mass is 9.99. The smallest absolute Gasteiger partial charge is 0.315 e. The van der Waals surface area contributed by atoms with Crippen molar-refractivity contribution in [1.29, 1.82) is 0 Å². The number of rotatable bonds is 6. The summed E-state index contributed by atoms with van der Waals surface area (Å²) in [7, 11) is -3.85. The van der Waals surface area contributed by atoms with Crippen LogP contribution in [0.1, 0.15) is 18.4 Å². The van der Waals surface area contributed by atoms with Gasteiger partial charge in [0.15, 0.2) is 9.84 Å². The molecule has 1 aliphatic carbocycles. The second-order valence-corrected chi connectivity index (χ2v) is 9.36. The minimum atomic E-state index is -3.85. The molecule has 5 nitrogen and oxygen atoms in total. The molecule has 0 aliphatic heterocycles. The maximum atomic E-state index is 13.3. The molecule has 2 aromatic carbocycles. The first-order chi connectivity index (χ1) is 12.8. The molecule has 1 saturated carbocycles. The topological polar surface area (TPSA) is 86.5 Å². The van der Waals surface area contributed by atoms with Crippen molar-refractivity contribution in [2.75, 3.05) is 13.2 Å². The minimum Gasteiger partial charge on any atom is -0.465 e. The fraction of sp³-hybridized carbons (Fsp3) is 0.316. The van der Waals surface area contributed by atoms with Gasteiger partial charge in [0.25, 0.3) is 0 Å². The third-order valence-electron chi connectivity index (χ3n) is 4.96. The molecule has 8 heteroatoms. The lowest BCUT2D eigenvalue weighted by molar-refractivity contribution is -0.149. The monoisotopic (exact) mass is 427 g/mol. The van der Waals surface area contributed by atoms with E-state index in [1.807, 2.05) is 0 Å². The van der Waals surface area contributed by atoms with Gasteiger partial charge in [-0.15, -0.1) is 0 Å². The summed E-state index contributed by atoms with van der Waals surface area (Å²) >= 11 is 11.8. The van der Waals surface area contributed by atoms with Crippen LogP contribution in [0.3, 0.4) is 0 Å². The van der Waals surface area contributed by atoms with Crippen molar-refractivity contribution in [3.8, 4) is 0 Å². The molecule has 3 rings (SSSR count).